The molecule has 1 aromatic heterocycles. The van der Waals surface area contributed by atoms with Crippen LogP contribution >= 0.6 is 0 Å². The zero-order chi connectivity index (χ0) is 18.9. The van der Waals surface area contributed by atoms with Crippen LogP contribution in [0.3, 0.4) is 0 Å². The third-order valence-corrected chi connectivity index (χ3v) is 3.79. The highest BCUT2D eigenvalue weighted by molar-refractivity contribution is 5.94. The van der Waals surface area contributed by atoms with E-state index in [1.54, 1.807) is 12.1 Å². The lowest BCUT2D eigenvalue weighted by atomic mass is 10.2. The van der Waals surface area contributed by atoms with E-state index in [1.807, 2.05) is 48.5 Å². The number of carbonyl (C=O) groups is 2. The van der Waals surface area contributed by atoms with Gasteiger partial charge in [-0.3, -0.25) is 9.59 Å². The van der Waals surface area contributed by atoms with E-state index in [1.165, 1.54) is 0 Å². The zero-order valence-electron chi connectivity index (χ0n) is 14.7. The molecule has 0 fully saturated rings. The first-order chi connectivity index (χ1) is 13.2. The van der Waals surface area contributed by atoms with Crippen LogP contribution in [0.5, 0.6) is 0 Å². The summed E-state index contributed by atoms with van der Waals surface area (Å²) in [5, 5.41) is 13.3. The quantitative estimate of drug-likeness (QED) is 0.641. The zero-order valence-corrected chi connectivity index (χ0v) is 14.7. The van der Waals surface area contributed by atoms with E-state index in [0.29, 0.717) is 30.3 Å². The van der Waals surface area contributed by atoms with E-state index in [4.69, 9.17) is 4.42 Å². The van der Waals surface area contributed by atoms with Crippen LogP contribution in [0, 0.1) is 0 Å². The Labute approximate surface area is 156 Å². The fourth-order valence-corrected chi connectivity index (χ4v) is 2.45. The highest BCUT2D eigenvalue weighted by Gasteiger charge is 2.10. The van der Waals surface area contributed by atoms with Crippen molar-refractivity contribution in [1.29, 1.82) is 0 Å². The Morgan fingerprint density at radius 3 is 2.33 bits per heavy atom. The number of carbonyl (C=O) groups excluding carboxylic acids is 2. The number of aryl methyl sites for hydroxylation is 1. The number of nitrogens with one attached hydrogen (secondary N) is 2. The number of hydrogen-bond acceptors (Lipinski definition) is 5. The van der Waals surface area contributed by atoms with Gasteiger partial charge in [0.25, 0.3) is 0 Å². The molecule has 2 aromatic carbocycles. The summed E-state index contributed by atoms with van der Waals surface area (Å²) in [5.41, 5.74) is 1.56. The van der Waals surface area contributed by atoms with Crippen molar-refractivity contribution in [2.45, 2.75) is 19.3 Å². The first-order valence-electron chi connectivity index (χ1n) is 8.70. The van der Waals surface area contributed by atoms with Gasteiger partial charge in [-0.2, -0.15) is 0 Å². The molecule has 3 aromatic rings. The molecule has 1 heterocycles. The SMILES string of the molecule is O=C(CCCc1nnc(-c2ccccc2)o1)NCC(=O)Nc1ccccc1. The van der Waals surface area contributed by atoms with E-state index in [0.717, 1.165) is 5.56 Å². The van der Waals surface area contributed by atoms with Crippen LogP contribution in [0.15, 0.2) is 65.1 Å². The van der Waals surface area contributed by atoms with Gasteiger partial charge in [-0.1, -0.05) is 36.4 Å². The van der Waals surface area contributed by atoms with Crippen molar-refractivity contribution in [3.63, 3.8) is 0 Å². The number of aromatic nitrogens is 2. The summed E-state index contributed by atoms with van der Waals surface area (Å²) in [6.45, 7) is -0.0631. The van der Waals surface area contributed by atoms with Gasteiger partial charge in [-0.05, 0) is 30.7 Å². The Bertz CT molecular complexity index is 879. The summed E-state index contributed by atoms with van der Waals surface area (Å²) >= 11 is 0. The first-order valence-corrected chi connectivity index (χ1v) is 8.70. The maximum Gasteiger partial charge on any atom is 0.247 e. The van der Waals surface area contributed by atoms with Gasteiger partial charge in [0.15, 0.2) is 0 Å². The Balaban J connectivity index is 1.36. The molecule has 2 N–H and O–H groups in total. The number of nitrogens with zero attached hydrogens (tertiary/aromatic N) is 2. The second-order valence-electron chi connectivity index (χ2n) is 5.91. The minimum atomic E-state index is -0.265. The highest BCUT2D eigenvalue weighted by Crippen LogP contribution is 2.17. The molecule has 3 rings (SSSR count). The second kappa shape index (κ2) is 9.28. The highest BCUT2D eigenvalue weighted by atomic mass is 16.4. The van der Waals surface area contributed by atoms with Gasteiger partial charge >= 0.3 is 0 Å². The fraction of sp³-hybridized carbons (Fsp3) is 0.200. The molecule has 0 saturated heterocycles. The first kappa shape index (κ1) is 18.3. The molecule has 7 nitrogen and oxygen atoms in total. The molecule has 2 amide bonds. The van der Waals surface area contributed by atoms with Crippen LogP contribution in [-0.4, -0.2) is 28.6 Å². The van der Waals surface area contributed by atoms with Crippen LogP contribution in [0.25, 0.3) is 11.5 Å². The van der Waals surface area contributed by atoms with Crippen LogP contribution in [0.4, 0.5) is 5.69 Å². The van der Waals surface area contributed by atoms with Crippen molar-refractivity contribution >= 4 is 17.5 Å². The Morgan fingerprint density at radius 2 is 1.59 bits per heavy atom. The van der Waals surface area contributed by atoms with Crippen molar-refractivity contribution in [2.75, 3.05) is 11.9 Å². The topological polar surface area (TPSA) is 97.1 Å². The van der Waals surface area contributed by atoms with E-state index < -0.39 is 0 Å². The lowest BCUT2D eigenvalue weighted by molar-refractivity contribution is -0.124. The van der Waals surface area contributed by atoms with E-state index >= 15 is 0 Å². The molecule has 138 valence electrons. The fourth-order valence-electron chi connectivity index (χ4n) is 2.45. The second-order valence-corrected chi connectivity index (χ2v) is 5.91. The summed E-state index contributed by atoms with van der Waals surface area (Å²) in [5.74, 6) is 0.496. The largest absolute Gasteiger partial charge is 0.421 e. The predicted octanol–water partition coefficient (Wildman–Crippen LogP) is 2.81. The molecule has 0 bridgehead atoms. The minimum absolute atomic E-state index is 0.0631. The van der Waals surface area contributed by atoms with Crippen molar-refractivity contribution in [3.8, 4) is 11.5 Å². The summed E-state index contributed by atoms with van der Waals surface area (Å²) in [6, 6.07) is 18.6. The van der Waals surface area contributed by atoms with Crippen molar-refractivity contribution in [1.82, 2.24) is 15.5 Å². The van der Waals surface area contributed by atoms with E-state index in [-0.39, 0.29) is 24.8 Å². The van der Waals surface area contributed by atoms with Gasteiger partial charge < -0.3 is 15.1 Å². The van der Waals surface area contributed by atoms with Crippen molar-refractivity contribution in [3.05, 3.63) is 66.6 Å². The molecule has 0 unspecified atom stereocenters. The van der Waals surface area contributed by atoms with Crippen molar-refractivity contribution < 1.29 is 14.0 Å². The van der Waals surface area contributed by atoms with Gasteiger partial charge in [-0.25, -0.2) is 0 Å². The smallest absolute Gasteiger partial charge is 0.247 e. The van der Waals surface area contributed by atoms with Gasteiger partial charge in [0, 0.05) is 24.1 Å². The van der Waals surface area contributed by atoms with Crippen LogP contribution in [0.1, 0.15) is 18.7 Å². The van der Waals surface area contributed by atoms with E-state index in [2.05, 4.69) is 20.8 Å². The lowest BCUT2D eigenvalue weighted by Crippen LogP contribution is -2.32. The van der Waals surface area contributed by atoms with Gasteiger partial charge in [0.2, 0.25) is 23.6 Å². The number of anilines is 1. The third kappa shape index (κ3) is 5.78. The van der Waals surface area contributed by atoms with Crippen LogP contribution < -0.4 is 10.6 Å². The maximum absolute atomic E-state index is 11.9. The maximum atomic E-state index is 11.9. The molecule has 0 aliphatic heterocycles. The van der Waals surface area contributed by atoms with Gasteiger partial charge in [0.1, 0.15) is 0 Å². The molecule has 0 radical (unpaired) electrons. The number of hydrogen-bond donors (Lipinski definition) is 2. The monoisotopic (exact) mass is 364 g/mol. The van der Waals surface area contributed by atoms with Crippen LogP contribution in [0.2, 0.25) is 0 Å². The summed E-state index contributed by atoms with van der Waals surface area (Å²) in [7, 11) is 0. The van der Waals surface area contributed by atoms with Crippen molar-refractivity contribution in [2.24, 2.45) is 0 Å². The van der Waals surface area contributed by atoms with Gasteiger partial charge in [-0.15, -0.1) is 10.2 Å². The number of amides is 2. The lowest BCUT2D eigenvalue weighted by Gasteiger charge is -2.06. The molecule has 0 aliphatic rings. The summed E-state index contributed by atoms with van der Waals surface area (Å²) in [4.78, 5) is 23.6. The predicted molar refractivity (Wildman–Crippen MR) is 101 cm³/mol. The van der Waals surface area contributed by atoms with Crippen LogP contribution in [-0.2, 0) is 16.0 Å². The molecule has 0 saturated carbocycles. The molecular weight excluding hydrogens is 344 g/mol. The molecule has 0 atom stereocenters. The number of benzene rings is 2. The molecule has 7 heteroatoms. The van der Waals surface area contributed by atoms with E-state index in [9.17, 15) is 9.59 Å². The third-order valence-electron chi connectivity index (χ3n) is 3.79. The minimum Gasteiger partial charge on any atom is -0.421 e. The summed E-state index contributed by atoms with van der Waals surface area (Å²) < 4.78 is 5.60. The average Bonchev–Trinajstić information content (AvgIpc) is 3.17. The Kier molecular flexibility index (Phi) is 6.30. The summed E-state index contributed by atoms with van der Waals surface area (Å²) in [6.07, 6.45) is 1.34. The number of para-hydroxylation sites is 1. The number of rotatable bonds is 8. The molecule has 0 aliphatic carbocycles. The van der Waals surface area contributed by atoms with Gasteiger partial charge in [0.05, 0.1) is 6.54 Å². The molecular formula is C20H20N4O3. The molecule has 27 heavy (non-hydrogen) atoms. The molecule has 0 spiro atoms. The Hall–Kier alpha value is -3.48. The average molecular weight is 364 g/mol. The Morgan fingerprint density at radius 1 is 0.889 bits per heavy atom. The normalized spacial score (nSPS) is 10.4. The standard InChI is InChI=1S/C20H20N4O3/c25-17(21-14-18(26)22-16-10-5-2-6-11-16)12-7-13-19-23-24-20(27-19)15-8-3-1-4-9-15/h1-6,8-11H,7,12-14H2,(H,21,25)(H,22,26).